The van der Waals surface area contributed by atoms with Gasteiger partial charge < -0.3 is 10.1 Å². The molecule has 1 saturated heterocycles. The molecule has 1 unspecified atom stereocenters. The van der Waals surface area contributed by atoms with Gasteiger partial charge >= 0.3 is 0 Å². The molecule has 4 heteroatoms. The van der Waals surface area contributed by atoms with E-state index in [1.165, 1.54) is 0 Å². The molecule has 2 rings (SSSR count). The Morgan fingerprint density at radius 2 is 2.14 bits per heavy atom. The van der Waals surface area contributed by atoms with E-state index in [1.54, 1.807) is 0 Å². The van der Waals surface area contributed by atoms with Crippen LogP contribution in [0.3, 0.4) is 0 Å². The van der Waals surface area contributed by atoms with Crippen molar-refractivity contribution in [2.75, 3.05) is 13.2 Å². The molecule has 0 aromatic heterocycles. The van der Waals surface area contributed by atoms with Crippen molar-refractivity contribution >= 4 is 22.5 Å². The third kappa shape index (κ3) is 4.85. The number of nitrogens with one attached hydrogen (secondary N) is 1. The zero-order valence-corrected chi connectivity index (χ0v) is 13.9. The largest absolute Gasteiger partial charge is 0.378 e. The molecule has 1 aromatic rings. The molecule has 0 radical (unpaired) electrons. The monoisotopic (exact) mass is 321 g/mol. The maximum Gasteiger partial charge on any atom is 0.248 e. The van der Waals surface area contributed by atoms with Crippen molar-refractivity contribution in [2.24, 2.45) is 0 Å². The van der Waals surface area contributed by atoms with E-state index in [1.807, 2.05) is 30.3 Å². The molecule has 1 aliphatic rings. The predicted octanol–water partition coefficient (Wildman–Crippen LogP) is 4.12. The summed E-state index contributed by atoms with van der Waals surface area (Å²) >= 11 is 6.52. The highest BCUT2D eigenvalue weighted by Crippen LogP contribution is 2.29. The zero-order valence-electron chi connectivity index (χ0n) is 13.1. The molecule has 120 valence electrons. The van der Waals surface area contributed by atoms with E-state index in [-0.39, 0.29) is 12.0 Å². The lowest BCUT2D eigenvalue weighted by Crippen LogP contribution is -2.28. The fourth-order valence-corrected chi connectivity index (χ4v) is 2.85. The van der Waals surface area contributed by atoms with E-state index in [0.717, 1.165) is 37.9 Å². The van der Waals surface area contributed by atoms with Crippen LogP contribution in [0.4, 0.5) is 0 Å². The first kappa shape index (κ1) is 17.0. The molecule has 1 atom stereocenters. The number of rotatable bonds is 7. The van der Waals surface area contributed by atoms with Crippen LogP contribution in [0.25, 0.3) is 5.03 Å². The lowest BCUT2D eigenvalue weighted by Gasteiger charge is -2.15. The van der Waals surface area contributed by atoms with Gasteiger partial charge in [-0.05, 0) is 24.8 Å². The zero-order chi connectivity index (χ0) is 15.8. The molecule has 1 N–H and O–H groups in total. The Morgan fingerprint density at radius 1 is 1.36 bits per heavy atom. The van der Waals surface area contributed by atoms with Gasteiger partial charge in [0.05, 0.1) is 11.1 Å². The Kier molecular flexibility index (Phi) is 6.94. The van der Waals surface area contributed by atoms with E-state index in [4.69, 9.17) is 16.3 Å². The van der Waals surface area contributed by atoms with Crippen LogP contribution in [0.2, 0.25) is 0 Å². The van der Waals surface area contributed by atoms with E-state index in [2.05, 4.69) is 12.2 Å². The quantitative estimate of drug-likeness (QED) is 0.606. The number of hydrogen-bond donors (Lipinski definition) is 1. The first-order chi connectivity index (χ1) is 10.7. The molecule has 1 amide bonds. The average molecular weight is 322 g/mol. The summed E-state index contributed by atoms with van der Waals surface area (Å²) < 4.78 is 5.67. The lowest BCUT2D eigenvalue weighted by molar-refractivity contribution is -0.117. The Balaban J connectivity index is 2.17. The number of amides is 1. The van der Waals surface area contributed by atoms with Crippen LogP contribution in [0, 0.1) is 0 Å². The number of carbonyl (C=O) groups is 1. The van der Waals surface area contributed by atoms with Gasteiger partial charge in [-0.15, -0.1) is 0 Å². The molecule has 0 aliphatic carbocycles. The van der Waals surface area contributed by atoms with Crippen LogP contribution in [-0.4, -0.2) is 25.2 Å². The summed E-state index contributed by atoms with van der Waals surface area (Å²) in [6, 6.07) is 9.65. The Bertz CT molecular complexity index is 507. The third-order valence-corrected chi connectivity index (χ3v) is 4.28. The minimum atomic E-state index is -0.0715. The topological polar surface area (TPSA) is 38.3 Å². The summed E-state index contributed by atoms with van der Waals surface area (Å²) in [6.07, 6.45) is 4.75. The van der Waals surface area contributed by atoms with Crippen molar-refractivity contribution in [1.82, 2.24) is 5.32 Å². The van der Waals surface area contributed by atoms with Gasteiger partial charge in [0.15, 0.2) is 0 Å². The number of carbonyl (C=O) groups excluding carboxylic acids is 1. The van der Waals surface area contributed by atoms with Crippen molar-refractivity contribution in [3.05, 3.63) is 41.5 Å². The number of unbranched alkanes of at least 4 members (excludes halogenated alkanes) is 1. The standard InChI is InChI=1S/C18H24ClNO2/c1-2-3-11-20-18(21)16(13-15-10-7-12-22-15)17(19)14-8-5-4-6-9-14/h4-6,8-9,15H,2-3,7,10-13H2,1H3,(H,20,21)/b17-16-. The number of hydrogen-bond acceptors (Lipinski definition) is 2. The second-order valence-corrected chi connectivity index (χ2v) is 5.99. The van der Waals surface area contributed by atoms with E-state index < -0.39 is 0 Å². The van der Waals surface area contributed by atoms with Gasteiger partial charge in [0.2, 0.25) is 5.91 Å². The summed E-state index contributed by atoms with van der Waals surface area (Å²) in [5.41, 5.74) is 1.51. The molecular weight excluding hydrogens is 298 g/mol. The molecule has 1 fully saturated rings. The predicted molar refractivity (Wildman–Crippen MR) is 90.7 cm³/mol. The first-order valence-corrected chi connectivity index (χ1v) is 8.44. The number of ether oxygens (including phenoxy) is 1. The first-order valence-electron chi connectivity index (χ1n) is 8.06. The smallest absolute Gasteiger partial charge is 0.248 e. The fourth-order valence-electron chi connectivity index (χ4n) is 2.56. The van der Waals surface area contributed by atoms with Gasteiger partial charge in [-0.2, -0.15) is 0 Å². The van der Waals surface area contributed by atoms with Crippen molar-refractivity contribution in [1.29, 1.82) is 0 Å². The third-order valence-electron chi connectivity index (χ3n) is 3.84. The number of benzene rings is 1. The summed E-state index contributed by atoms with van der Waals surface area (Å²) in [5, 5.41) is 3.50. The summed E-state index contributed by atoms with van der Waals surface area (Å²) in [5.74, 6) is -0.0715. The van der Waals surface area contributed by atoms with E-state index in [9.17, 15) is 4.79 Å². The maximum absolute atomic E-state index is 12.5. The highest BCUT2D eigenvalue weighted by atomic mass is 35.5. The van der Waals surface area contributed by atoms with Gasteiger partial charge in [-0.1, -0.05) is 55.3 Å². The fraction of sp³-hybridized carbons (Fsp3) is 0.500. The van der Waals surface area contributed by atoms with Crippen molar-refractivity contribution < 1.29 is 9.53 Å². The number of halogens is 1. The second-order valence-electron chi connectivity index (χ2n) is 5.61. The van der Waals surface area contributed by atoms with E-state index >= 15 is 0 Å². The van der Waals surface area contributed by atoms with Gasteiger partial charge in [-0.25, -0.2) is 0 Å². The highest BCUT2D eigenvalue weighted by Gasteiger charge is 2.23. The minimum Gasteiger partial charge on any atom is -0.378 e. The van der Waals surface area contributed by atoms with Gasteiger partial charge in [0.1, 0.15) is 0 Å². The normalized spacial score (nSPS) is 18.9. The average Bonchev–Trinajstić information content (AvgIpc) is 3.06. The highest BCUT2D eigenvalue weighted by molar-refractivity contribution is 6.51. The Labute approximate surface area is 137 Å². The Morgan fingerprint density at radius 3 is 2.77 bits per heavy atom. The van der Waals surface area contributed by atoms with Crippen LogP contribution in [0.5, 0.6) is 0 Å². The molecule has 0 bridgehead atoms. The SMILES string of the molecule is CCCCNC(=O)/C(CC1CCCO1)=C(\Cl)c1ccccc1. The second kappa shape index (κ2) is 8.96. The van der Waals surface area contributed by atoms with Crippen LogP contribution in [-0.2, 0) is 9.53 Å². The van der Waals surface area contributed by atoms with Gasteiger partial charge in [-0.3, -0.25) is 4.79 Å². The summed E-state index contributed by atoms with van der Waals surface area (Å²) in [4.78, 5) is 12.5. The molecule has 1 aromatic carbocycles. The van der Waals surface area contributed by atoms with Crippen molar-refractivity contribution in [2.45, 2.75) is 45.1 Å². The lowest BCUT2D eigenvalue weighted by atomic mass is 10.0. The molecule has 0 spiro atoms. The molecule has 1 heterocycles. The maximum atomic E-state index is 12.5. The minimum absolute atomic E-state index is 0.0715. The Hall–Kier alpha value is -1.32. The molecule has 3 nitrogen and oxygen atoms in total. The van der Waals surface area contributed by atoms with Crippen LogP contribution in [0.15, 0.2) is 35.9 Å². The van der Waals surface area contributed by atoms with Crippen molar-refractivity contribution in [3.63, 3.8) is 0 Å². The summed E-state index contributed by atoms with van der Waals surface area (Å²) in [7, 11) is 0. The molecule has 1 aliphatic heterocycles. The van der Waals surface area contributed by atoms with Gasteiger partial charge in [0, 0.05) is 25.1 Å². The van der Waals surface area contributed by atoms with Crippen LogP contribution < -0.4 is 5.32 Å². The van der Waals surface area contributed by atoms with Gasteiger partial charge in [0.25, 0.3) is 0 Å². The summed E-state index contributed by atoms with van der Waals surface area (Å²) in [6.45, 7) is 3.56. The van der Waals surface area contributed by atoms with E-state index in [0.29, 0.717) is 23.6 Å². The molecule has 0 saturated carbocycles. The van der Waals surface area contributed by atoms with Crippen molar-refractivity contribution in [3.8, 4) is 0 Å². The molecule has 22 heavy (non-hydrogen) atoms. The molecular formula is C18H24ClNO2. The van der Waals surface area contributed by atoms with Crippen LogP contribution >= 0.6 is 11.6 Å². The van der Waals surface area contributed by atoms with Crippen LogP contribution in [0.1, 0.15) is 44.6 Å².